The minimum absolute atomic E-state index is 0.160. The zero-order valence-corrected chi connectivity index (χ0v) is 7.37. The summed E-state index contributed by atoms with van der Waals surface area (Å²) in [6.45, 7) is 5.49. The van der Waals surface area contributed by atoms with Crippen LogP contribution in [0.3, 0.4) is 0 Å². The standard InChI is InChI=1S/C8H13NO3/c1-4-5-12-9-7(2)6-8(10)11-3/h4H,1,5-6H2,2-3H3/b9-7+. The molecule has 12 heavy (non-hydrogen) atoms. The maximum atomic E-state index is 10.7. The van der Waals surface area contributed by atoms with E-state index in [-0.39, 0.29) is 12.4 Å². The molecule has 0 bridgehead atoms. The van der Waals surface area contributed by atoms with E-state index >= 15 is 0 Å². The van der Waals surface area contributed by atoms with Crippen molar-refractivity contribution < 1.29 is 14.4 Å². The van der Waals surface area contributed by atoms with Gasteiger partial charge in [-0.15, -0.1) is 0 Å². The second kappa shape index (κ2) is 6.39. The Bertz CT molecular complexity index is 187. The molecule has 4 heteroatoms. The molecule has 0 aliphatic heterocycles. The van der Waals surface area contributed by atoms with Crippen molar-refractivity contribution in [1.29, 1.82) is 0 Å². The molecule has 0 fully saturated rings. The van der Waals surface area contributed by atoms with Gasteiger partial charge in [-0.25, -0.2) is 0 Å². The second-order valence-electron chi connectivity index (χ2n) is 2.16. The molecule has 0 saturated carbocycles. The molecule has 0 rings (SSSR count). The van der Waals surface area contributed by atoms with Gasteiger partial charge in [0.2, 0.25) is 0 Å². The Morgan fingerprint density at radius 3 is 2.83 bits per heavy atom. The summed E-state index contributed by atoms with van der Waals surface area (Å²) in [5, 5.41) is 3.65. The molecular weight excluding hydrogens is 158 g/mol. The SMILES string of the molecule is C=CCO/N=C(\C)CC(=O)OC. The van der Waals surface area contributed by atoms with Crippen LogP contribution < -0.4 is 0 Å². The lowest BCUT2D eigenvalue weighted by Gasteiger charge is -1.98. The third-order valence-electron chi connectivity index (χ3n) is 1.04. The highest BCUT2D eigenvalue weighted by Crippen LogP contribution is 1.90. The zero-order valence-electron chi connectivity index (χ0n) is 7.37. The Morgan fingerprint density at radius 1 is 1.67 bits per heavy atom. The van der Waals surface area contributed by atoms with Crippen LogP contribution in [0, 0.1) is 0 Å². The lowest BCUT2D eigenvalue weighted by Crippen LogP contribution is -2.06. The Kier molecular flexibility index (Phi) is 5.69. The van der Waals surface area contributed by atoms with E-state index in [1.165, 1.54) is 7.11 Å². The van der Waals surface area contributed by atoms with Gasteiger partial charge in [-0.05, 0) is 6.92 Å². The van der Waals surface area contributed by atoms with Crippen molar-refractivity contribution in [3.8, 4) is 0 Å². The number of carbonyl (C=O) groups is 1. The van der Waals surface area contributed by atoms with Gasteiger partial charge in [0, 0.05) is 0 Å². The average Bonchev–Trinajstić information content (AvgIpc) is 2.05. The smallest absolute Gasteiger partial charge is 0.311 e. The molecule has 0 aromatic rings. The molecule has 0 aromatic heterocycles. The molecule has 0 aliphatic rings. The summed E-state index contributed by atoms with van der Waals surface area (Å²) in [5.41, 5.74) is 0.587. The van der Waals surface area contributed by atoms with Gasteiger partial charge < -0.3 is 9.57 Å². The van der Waals surface area contributed by atoms with Crippen molar-refractivity contribution >= 4 is 11.7 Å². The number of carbonyl (C=O) groups excluding carboxylic acids is 1. The number of oxime groups is 1. The molecule has 4 nitrogen and oxygen atoms in total. The Labute approximate surface area is 71.8 Å². The van der Waals surface area contributed by atoms with Crippen LogP contribution in [0.25, 0.3) is 0 Å². The van der Waals surface area contributed by atoms with Crippen molar-refractivity contribution in [2.24, 2.45) is 5.16 Å². The van der Waals surface area contributed by atoms with Crippen molar-refractivity contribution in [2.75, 3.05) is 13.7 Å². The zero-order chi connectivity index (χ0) is 9.40. The van der Waals surface area contributed by atoms with Crippen LogP contribution in [0.5, 0.6) is 0 Å². The van der Waals surface area contributed by atoms with E-state index in [4.69, 9.17) is 4.84 Å². The van der Waals surface area contributed by atoms with E-state index in [9.17, 15) is 4.79 Å². The molecule has 0 N–H and O–H groups in total. The number of hydrogen-bond acceptors (Lipinski definition) is 4. The van der Waals surface area contributed by atoms with Crippen LogP contribution in [0.2, 0.25) is 0 Å². The number of hydrogen-bond donors (Lipinski definition) is 0. The molecule has 0 amide bonds. The number of rotatable bonds is 5. The van der Waals surface area contributed by atoms with E-state index in [0.717, 1.165) is 0 Å². The normalized spacial score (nSPS) is 10.7. The molecule has 0 aliphatic carbocycles. The van der Waals surface area contributed by atoms with Gasteiger partial charge in [-0.2, -0.15) is 0 Å². The molecule has 0 aromatic carbocycles. The van der Waals surface area contributed by atoms with Gasteiger partial charge in [0.1, 0.15) is 6.61 Å². The lowest BCUT2D eigenvalue weighted by molar-refractivity contribution is -0.139. The van der Waals surface area contributed by atoms with E-state index < -0.39 is 0 Å². The maximum absolute atomic E-state index is 10.7. The first-order valence-electron chi connectivity index (χ1n) is 3.53. The highest BCUT2D eigenvalue weighted by Gasteiger charge is 2.02. The van der Waals surface area contributed by atoms with E-state index in [1.807, 2.05) is 0 Å². The fourth-order valence-electron chi connectivity index (χ4n) is 0.513. The first kappa shape index (κ1) is 10.7. The molecule has 68 valence electrons. The third kappa shape index (κ3) is 5.46. The van der Waals surface area contributed by atoms with Crippen molar-refractivity contribution in [1.82, 2.24) is 0 Å². The van der Waals surface area contributed by atoms with Gasteiger partial charge >= 0.3 is 5.97 Å². The van der Waals surface area contributed by atoms with Gasteiger partial charge in [-0.3, -0.25) is 4.79 Å². The molecule has 0 unspecified atom stereocenters. The predicted molar refractivity (Wildman–Crippen MR) is 45.9 cm³/mol. The molecule has 0 saturated heterocycles. The van der Waals surface area contributed by atoms with Crippen molar-refractivity contribution in [2.45, 2.75) is 13.3 Å². The summed E-state index contributed by atoms with van der Waals surface area (Å²) >= 11 is 0. The topological polar surface area (TPSA) is 47.9 Å². The number of methoxy groups -OCH3 is 1. The predicted octanol–water partition coefficient (Wildman–Crippen LogP) is 1.13. The summed E-state index contributed by atoms with van der Waals surface area (Å²) < 4.78 is 4.43. The fraction of sp³-hybridized carbons (Fsp3) is 0.500. The van der Waals surface area contributed by atoms with Gasteiger partial charge in [-0.1, -0.05) is 17.8 Å². The van der Waals surface area contributed by atoms with Crippen molar-refractivity contribution in [3.05, 3.63) is 12.7 Å². The summed E-state index contributed by atoms with van der Waals surface area (Å²) in [6, 6.07) is 0. The molecule has 0 atom stereocenters. The van der Waals surface area contributed by atoms with Gasteiger partial charge in [0.05, 0.1) is 19.2 Å². The molecule has 0 spiro atoms. The minimum atomic E-state index is -0.321. The number of nitrogens with zero attached hydrogens (tertiary/aromatic N) is 1. The average molecular weight is 171 g/mol. The number of ether oxygens (including phenoxy) is 1. The van der Waals surface area contributed by atoms with Crippen molar-refractivity contribution in [3.63, 3.8) is 0 Å². The Hall–Kier alpha value is -1.32. The third-order valence-corrected chi connectivity index (χ3v) is 1.04. The second-order valence-corrected chi connectivity index (χ2v) is 2.16. The summed E-state index contributed by atoms with van der Waals surface area (Å²) in [7, 11) is 1.33. The first-order chi connectivity index (χ1) is 5.70. The van der Waals surface area contributed by atoms with E-state index in [1.54, 1.807) is 13.0 Å². The lowest BCUT2D eigenvalue weighted by atomic mass is 10.3. The van der Waals surface area contributed by atoms with Crippen LogP contribution in [-0.2, 0) is 14.4 Å². The van der Waals surface area contributed by atoms with Crippen LogP contribution >= 0.6 is 0 Å². The Balaban J connectivity index is 3.69. The summed E-state index contributed by atoms with van der Waals surface area (Å²) in [5.74, 6) is -0.321. The first-order valence-corrected chi connectivity index (χ1v) is 3.53. The highest BCUT2D eigenvalue weighted by atomic mass is 16.6. The molecular formula is C8H13NO3. The summed E-state index contributed by atoms with van der Waals surface area (Å²) in [6.07, 6.45) is 1.74. The molecule has 0 heterocycles. The fourth-order valence-corrected chi connectivity index (χ4v) is 0.513. The largest absolute Gasteiger partial charge is 0.469 e. The summed E-state index contributed by atoms with van der Waals surface area (Å²) in [4.78, 5) is 15.4. The quantitative estimate of drug-likeness (QED) is 0.205. The van der Waals surface area contributed by atoms with Gasteiger partial charge in [0.25, 0.3) is 0 Å². The molecule has 0 radical (unpaired) electrons. The Morgan fingerprint density at radius 2 is 2.33 bits per heavy atom. The highest BCUT2D eigenvalue weighted by molar-refractivity contribution is 5.97. The van der Waals surface area contributed by atoms with Gasteiger partial charge in [0.15, 0.2) is 0 Å². The maximum Gasteiger partial charge on any atom is 0.311 e. The van der Waals surface area contributed by atoms with Crippen LogP contribution in [0.4, 0.5) is 0 Å². The van der Waals surface area contributed by atoms with Crippen LogP contribution in [-0.4, -0.2) is 25.4 Å². The minimum Gasteiger partial charge on any atom is -0.469 e. The van der Waals surface area contributed by atoms with E-state index in [2.05, 4.69) is 16.5 Å². The van der Waals surface area contributed by atoms with Crippen LogP contribution in [0.15, 0.2) is 17.8 Å². The monoisotopic (exact) mass is 171 g/mol. The van der Waals surface area contributed by atoms with E-state index in [0.29, 0.717) is 12.3 Å². The number of esters is 1. The van der Waals surface area contributed by atoms with Crippen LogP contribution in [0.1, 0.15) is 13.3 Å².